The van der Waals surface area contributed by atoms with Crippen molar-refractivity contribution in [2.75, 3.05) is 13.2 Å². The quantitative estimate of drug-likeness (QED) is 0.579. The van der Waals surface area contributed by atoms with Gasteiger partial charge in [-0.2, -0.15) is 0 Å². The maximum atomic E-state index is 9.69. The molecule has 0 radical (unpaired) electrons. The van der Waals surface area contributed by atoms with Crippen LogP contribution in [0.5, 0.6) is 0 Å². The van der Waals surface area contributed by atoms with Gasteiger partial charge in [0.25, 0.3) is 0 Å². The van der Waals surface area contributed by atoms with Crippen LogP contribution in [-0.4, -0.2) is 28.9 Å². The first-order valence-corrected chi connectivity index (χ1v) is 13.0. The van der Waals surface area contributed by atoms with Gasteiger partial charge in [0.05, 0.1) is 0 Å². The van der Waals surface area contributed by atoms with E-state index in [1.54, 1.807) is 0 Å². The predicted octanol–water partition coefficient (Wildman–Crippen LogP) is 6.19. The van der Waals surface area contributed by atoms with Crippen LogP contribution in [0.2, 0.25) is 0 Å². The molecule has 0 spiro atoms. The summed E-state index contributed by atoms with van der Waals surface area (Å²) in [6.07, 6.45) is 27.5. The average Bonchev–Trinajstić information content (AvgIpc) is 2.81. The highest BCUT2D eigenvalue weighted by atomic mass is 16.3. The summed E-state index contributed by atoms with van der Waals surface area (Å²) in [6.45, 7) is 0.912. The van der Waals surface area contributed by atoms with E-state index in [9.17, 15) is 10.2 Å². The van der Waals surface area contributed by atoms with Gasteiger partial charge in [0.2, 0.25) is 0 Å². The highest BCUT2D eigenvalue weighted by molar-refractivity contribution is 4.91. The Balaban J connectivity index is 0.000000200. The third-order valence-electron chi connectivity index (χ3n) is 9.27. The van der Waals surface area contributed by atoms with E-state index in [1.807, 2.05) is 0 Å². The van der Waals surface area contributed by atoms with Gasteiger partial charge in [0.15, 0.2) is 0 Å². The first kappa shape index (κ1) is 25.1. The van der Waals surface area contributed by atoms with Crippen LogP contribution < -0.4 is 0 Å². The van der Waals surface area contributed by atoms with Crippen LogP contribution in [0.4, 0.5) is 0 Å². The van der Waals surface area contributed by atoms with Gasteiger partial charge in [-0.3, -0.25) is 0 Å². The lowest BCUT2D eigenvalue weighted by atomic mass is 9.62. The summed E-state index contributed by atoms with van der Waals surface area (Å²) in [5.74, 6) is 1.70. The molecule has 4 aliphatic rings. The number of rotatable bonds is 4. The topological polar surface area (TPSA) is 72.0 Å². The minimum absolute atomic E-state index is 0. The van der Waals surface area contributed by atoms with E-state index >= 15 is 0 Å². The van der Waals surface area contributed by atoms with E-state index < -0.39 is 0 Å². The molecule has 3 heteroatoms. The van der Waals surface area contributed by atoms with Crippen LogP contribution in [-0.2, 0) is 0 Å². The minimum Gasteiger partial charge on any atom is -0.412 e. The standard InChI is InChI=1S/2C13H24O.H2O/c2*14-11-13(9-5-2-6-10-13)12-7-3-1-4-8-12;/h2*12,14H,1-11H2;1H2. The molecule has 29 heavy (non-hydrogen) atoms. The van der Waals surface area contributed by atoms with E-state index in [0.717, 1.165) is 11.8 Å². The van der Waals surface area contributed by atoms with Crippen LogP contribution in [0, 0.1) is 22.7 Å². The molecule has 0 heterocycles. The van der Waals surface area contributed by atoms with E-state index in [0.29, 0.717) is 24.0 Å². The Kier molecular flexibility index (Phi) is 11.0. The van der Waals surface area contributed by atoms with Gasteiger partial charge in [-0.05, 0) is 74.0 Å². The van der Waals surface area contributed by atoms with Crippen molar-refractivity contribution < 1.29 is 15.7 Å². The Morgan fingerprint density at radius 3 is 1.00 bits per heavy atom. The van der Waals surface area contributed by atoms with Crippen molar-refractivity contribution in [3.63, 3.8) is 0 Å². The first-order valence-electron chi connectivity index (χ1n) is 13.0. The van der Waals surface area contributed by atoms with Crippen molar-refractivity contribution >= 4 is 0 Å². The lowest BCUT2D eigenvalue weighted by Gasteiger charge is -2.44. The molecule has 0 aromatic carbocycles. The Labute approximate surface area is 180 Å². The highest BCUT2D eigenvalue weighted by Crippen LogP contribution is 2.48. The Morgan fingerprint density at radius 1 is 0.448 bits per heavy atom. The maximum absolute atomic E-state index is 9.69. The van der Waals surface area contributed by atoms with E-state index in [1.165, 1.54) is 128 Å². The van der Waals surface area contributed by atoms with E-state index in [2.05, 4.69) is 0 Å². The van der Waals surface area contributed by atoms with Gasteiger partial charge < -0.3 is 15.7 Å². The fourth-order valence-corrected chi connectivity index (χ4v) is 7.33. The summed E-state index contributed by atoms with van der Waals surface area (Å²) in [5, 5.41) is 19.4. The molecule has 4 N–H and O–H groups in total. The molecular weight excluding hydrogens is 360 g/mol. The number of hydrogen-bond donors (Lipinski definition) is 2. The van der Waals surface area contributed by atoms with Gasteiger partial charge >= 0.3 is 0 Å². The largest absolute Gasteiger partial charge is 0.412 e. The van der Waals surface area contributed by atoms with Gasteiger partial charge in [-0.15, -0.1) is 0 Å². The zero-order valence-electron chi connectivity index (χ0n) is 19.1. The summed E-state index contributed by atoms with van der Waals surface area (Å²) in [6, 6.07) is 0. The lowest BCUT2D eigenvalue weighted by molar-refractivity contribution is 0.00641. The normalized spacial score (nSPS) is 27.9. The van der Waals surface area contributed by atoms with Crippen LogP contribution in [0.25, 0.3) is 0 Å². The van der Waals surface area contributed by atoms with Crippen molar-refractivity contribution in [3.05, 3.63) is 0 Å². The second-order valence-corrected chi connectivity index (χ2v) is 10.8. The van der Waals surface area contributed by atoms with Gasteiger partial charge in [0, 0.05) is 13.2 Å². The molecule has 0 amide bonds. The van der Waals surface area contributed by atoms with Crippen LogP contribution in [0.1, 0.15) is 128 Å². The summed E-state index contributed by atoms with van der Waals surface area (Å²) >= 11 is 0. The van der Waals surface area contributed by atoms with Crippen LogP contribution in [0.15, 0.2) is 0 Å². The molecule has 3 nitrogen and oxygen atoms in total. The molecule has 0 aliphatic heterocycles. The molecule has 0 unspecified atom stereocenters. The number of aliphatic hydroxyl groups is 2. The van der Waals surface area contributed by atoms with Crippen molar-refractivity contribution in [1.29, 1.82) is 0 Å². The number of hydrogen-bond acceptors (Lipinski definition) is 2. The smallest absolute Gasteiger partial charge is 0.0490 e. The molecule has 4 saturated carbocycles. The molecular formula is C26H50O3. The molecule has 4 aliphatic carbocycles. The van der Waals surface area contributed by atoms with Crippen molar-refractivity contribution in [2.45, 2.75) is 128 Å². The second kappa shape index (κ2) is 12.7. The Hall–Kier alpha value is -0.120. The van der Waals surface area contributed by atoms with Gasteiger partial charge in [-0.1, -0.05) is 77.0 Å². The fourth-order valence-electron chi connectivity index (χ4n) is 7.33. The SMILES string of the molecule is O.OCC1(C2CCCCC2)CCCCC1.OCC1(C2CCCCC2)CCCCC1. The Morgan fingerprint density at radius 2 is 0.724 bits per heavy atom. The number of aliphatic hydroxyl groups excluding tert-OH is 2. The zero-order chi connectivity index (χ0) is 19.7. The molecule has 4 rings (SSSR count). The Bertz CT molecular complexity index is 372. The third kappa shape index (κ3) is 6.43. The van der Waals surface area contributed by atoms with Crippen molar-refractivity contribution in [2.24, 2.45) is 22.7 Å². The highest BCUT2D eigenvalue weighted by Gasteiger charge is 2.40. The summed E-state index contributed by atoms with van der Waals surface area (Å²) in [5.41, 5.74) is 0.692. The molecule has 0 atom stereocenters. The monoisotopic (exact) mass is 410 g/mol. The van der Waals surface area contributed by atoms with E-state index in [4.69, 9.17) is 0 Å². The predicted molar refractivity (Wildman–Crippen MR) is 122 cm³/mol. The summed E-state index contributed by atoms with van der Waals surface area (Å²) in [4.78, 5) is 0. The maximum Gasteiger partial charge on any atom is 0.0490 e. The average molecular weight is 411 g/mol. The van der Waals surface area contributed by atoms with Crippen LogP contribution >= 0.6 is 0 Å². The molecule has 172 valence electrons. The van der Waals surface area contributed by atoms with Crippen LogP contribution in [0.3, 0.4) is 0 Å². The van der Waals surface area contributed by atoms with Crippen molar-refractivity contribution in [1.82, 2.24) is 0 Å². The van der Waals surface area contributed by atoms with Crippen molar-refractivity contribution in [3.8, 4) is 0 Å². The molecule has 0 bridgehead atoms. The molecule has 4 fully saturated rings. The van der Waals surface area contributed by atoms with E-state index in [-0.39, 0.29) is 5.48 Å². The first-order chi connectivity index (χ1) is 13.7. The minimum atomic E-state index is 0. The fraction of sp³-hybridized carbons (Fsp3) is 1.00. The van der Waals surface area contributed by atoms with Gasteiger partial charge in [-0.25, -0.2) is 0 Å². The zero-order valence-corrected chi connectivity index (χ0v) is 19.1. The summed E-state index contributed by atoms with van der Waals surface area (Å²) < 4.78 is 0. The van der Waals surface area contributed by atoms with Gasteiger partial charge in [0.1, 0.15) is 0 Å². The molecule has 0 aromatic heterocycles. The molecule has 0 aromatic rings. The second-order valence-electron chi connectivity index (χ2n) is 10.8. The summed E-state index contributed by atoms with van der Waals surface area (Å²) in [7, 11) is 0. The lowest BCUT2D eigenvalue weighted by Crippen LogP contribution is -2.37. The third-order valence-corrected chi connectivity index (χ3v) is 9.27. The molecule has 0 saturated heterocycles.